The Labute approximate surface area is 313 Å². The van der Waals surface area contributed by atoms with Gasteiger partial charge in [-0.15, -0.1) is 0 Å². The fourth-order valence-electron chi connectivity index (χ4n) is 8.74. The van der Waals surface area contributed by atoms with Gasteiger partial charge in [0.1, 0.15) is 16.6 Å². The summed E-state index contributed by atoms with van der Waals surface area (Å²) in [4.78, 5) is 56.4. The summed E-state index contributed by atoms with van der Waals surface area (Å²) in [5.41, 5.74) is 3.12. The van der Waals surface area contributed by atoms with Gasteiger partial charge in [-0.2, -0.15) is 5.10 Å². The Hall–Kier alpha value is -4.49. The second-order valence-corrected chi connectivity index (χ2v) is 15.6. The van der Waals surface area contributed by atoms with E-state index in [0.717, 1.165) is 64.0 Å². The summed E-state index contributed by atoms with van der Waals surface area (Å²) in [5, 5.41) is 9.98. The first-order valence-corrected chi connectivity index (χ1v) is 18.8. The van der Waals surface area contributed by atoms with Crippen LogP contribution in [-0.4, -0.2) is 96.8 Å². The predicted octanol–water partition coefficient (Wildman–Crippen LogP) is 4.52. The molecule has 12 nitrogen and oxygen atoms in total. The van der Waals surface area contributed by atoms with Gasteiger partial charge in [-0.05, 0) is 80.7 Å². The molecule has 0 bridgehead atoms. The second-order valence-electron chi connectivity index (χ2n) is 15.2. The molecule has 282 valence electrons. The zero-order valence-electron chi connectivity index (χ0n) is 30.5. The van der Waals surface area contributed by atoms with E-state index in [1.165, 1.54) is 23.4 Å². The van der Waals surface area contributed by atoms with Gasteiger partial charge < -0.3 is 24.8 Å². The number of benzene rings is 2. The number of aromatic nitrogens is 2. The van der Waals surface area contributed by atoms with Crippen LogP contribution in [0.4, 0.5) is 15.8 Å². The maximum absolute atomic E-state index is 15.5. The molecule has 0 aliphatic carbocycles. The SMILES string of the molecule is COc1cc(N2CCC3(CCN(C(=O)c4ccc([C@@H]5C[C@H](Nc6cnn(C)c(=O)c6Cl)CN(C)C5)cc4)CC3)CC2)cc(F)c1C1CCC(=O)NC1=O. The summed E-state index contributed by atoms with van der Waals surface area (Å²) in [7, 11) is 5.12. The van der Waals surface area contributed by atoms with Crippen LogP contribution in [0.5, 0.6) is 5.75 Å². The lowest BCUT2D eigenvalue weighted by Crippen LogP contribution is -2.48. The number of ether oxygens (including phenoxy) is 1. The highest BCUT2D eigenvalue weighted by Crippen LogP contribution is 2.44. The Kier molecular flexibility index (Phi) is 10.5. The number of nitrogens with one attached hydrogen (secondary N) is 2. The summed E-state index contributed by atoms with van der Waals surface area (Å²) in [5.74, 6) is -1.48. The number of hydrogen-bond donors (Lipinski definition) is 2. The van der Waals surface area contributed by atoms with Gasteiger partial charge in [0.25, 0.3) is 11.5 Å². The fourth-order valence-corrected chi connectivity index (χ4v) is 8.96. The van der Waals surface area contributed by atoms with Crippen LogP contribution in [0.2, 0.25) is 5.02 Å². The molecule has 1 aromatic heterocycles. The lowest BCUT2D eigenvalue weighted by atomic mass is 9.71. The van der Waals surface area contributed by atoms with E-state index in [2.05, 4.69) is 44.7 Å². The number of anilines is 2. The van der Waals surface area contributed by atoms with Crippen LogP contribution >= 0.6 is 11.6 Å². The summed E-state index contributed by atoms with van der Waals surface area (Å²) in [6.07, 6.45) is 6.59. The normalized spacial score (nSPS) is 23.5. The third-order valence-corrected chi connectivity index (χ3v) is 12.2. The van der Waals surface area contributed by atoms with Gasteiger partial charge in [-0.1, -0.05) is 23.7 Å². The first-order chi connectivity index (χ1) is 25.4. The molecule has 14 heteroatoms. The van der Waals surface area contributed by atoms with Crippen molar-refractivity contribution in [1.82, 2.24) is 24.9 Å². The minimum atomic E-state index is -0.764. The van der Waals surface area contributed by atoms with E-state index in [1.807, 2.05) is 17.0 Å². The van der Waals surface area contributed by atoms with Crippen LogP contribution in [-0.2, 0) is 16.6 Å². The number of likely N-dealkylation sites (N-methyl/N-ethyl adjacent to an activating group) is 1. The molecule has 2 aromatic carbocycles. The number of methoxy groups -OCH3 is 1. The molecule has 0 radical (unpaired) electrons. The first-order valence-electron chi connectivity index (χ1n) is 18.5. The number of aryl methyl sites for hydroxylation is 1. The van der Waals surface area contributed by atoms with E-state index in [4.69, 9.17) is 16.3 Å². The van der Waals surface area contributed by atoms with E-state index in [-0.39, 0.29) is 58.2 Å². The summed E-state index contributed by atoms with van der Waals surface area (Å²) in [6, 6.07) is 11.4. The van der Waals surface area contributed by atoms with Crippen LogP contribution in [0, 0.1) is 11.2 Å². The average molecular weight is 748 g/mol. The lowest BCUT2D eigenvalue weighted by Gasteiger charge is -2.47. The molecule has 3 atom stereocenters. The summed E-state index contributed by atoms with van der Waals surface area (Å²) in [6.45, 7) is 4.61. The largest absolute Gasteiger partial charge is 0.496 e. The molecule has 1 spiro atoms. The molecule has 7 rings (SSSR count). The van der Waals surface area contributed by atoms with Crippen LogP contribution in [0.15, 0.2) is 47.4 Å². The molecular weight excluding hydrogens is 701 g/mol. The number of halogens is 2. The number of piperidine rings is 4. The van der Waals surface area contributed by atoms with Gasteiger partial charge in [0, 0.05) is 81.7 Å². The monoisotopic (exact) mass is 747 g/mol. The Morgan fingerprint density at radius 2 is 1.72 bits per heavy atom. The van der Waals surface area contributed by atoms with Gasteiger partial charge in [-0.3, -0.25) is 24.5 Å². The fraction of sp³-hybridized carbons (Fsp3) is 0.513. The highest BCUT2D eigenvalue weighted by Gasteiger charge is 2.40. The van der Waals surface area contributed by atoms with Crippen molar-refractivity contribution in [1.29, 1.82) is 0 Å². The number of carbonyl (C=O) groups excluding carboxylic acids is 3. The lowest BCUT2D eigenvalue weighted by molar-refractivity contribution is -0.134. The zero-order valence-corrected chi connectivity index (χ0v) is 31.3. The quantitative estimate of drug-likeness (QED) is 0.336. The number of hydrogen-bond acceptors (Lipinski definition) is 9. The first kappa shape index (κ1) is 36.9. The molecule has 2 N–H and O–H groups in total. The van der Waals surface area contributed by atoms with Gasteiger partial charge in [0.15, 0.2) is 0 Å². The van der Waals surface area contributed by atoms with Crippen molar-refractivity contribution in [2.75, 3.05) is 63.6 Å². The molecule has 1 unspecified atom stereocenters. The smallest absolute Gasteiger partial charge is 0.287 e. The van der Waals surface area contributed by atoms with Crippen LogP contribution in [0.3, 0.4) is 0 Å². The minimum Gasteiger partial charge on any atom is -0.496 e. The Morgan fingerprint density at radius 1 is 1.02 bits per heavy atom. The molecule has 4 aliphatic rings. The van der Waals surface area contributed by atoms with Crippen LogP contribution < -0.4 is 25.8 Å². The molecule has 0 saturated carbocycles. The molecule has 4 fully saturated rings. The Balaban J connectivity index is 0.929. The average Bonchev–Trinajstić information content (AvgIpc) is 3.15. The van der Waals surface area contributed by atoms with E-state index in [0.29, 0.717) is 30.1 Å². The van der Waals surface area contributed by atoms with E-state index < -0.39 is 17.6 Å². The molecular formula is C39H47ClFN7O5. The number of likely N-dealkylation sites (tertiary alicyclic amines) is 2. The third-order valence-electron chi connectivity index (χ3n) is 11.9. The molecule has 5 heterocycles. The van der Waals surface area contributed by atoms with Crippen molar-refractivity contribution in [2.45, 2.75) is 62.8 Å². The van der Waals surface area contributed by atoms with Gasteiger partial charge in [0.2, 0.25) is 11.8 Å². The van der Waals surface area contributed by atoms with Gasteiger partial charge >= 0.3 is 0 Å². The molecule has 53 heavy (non-hydrogen) atoms. The predicted molar refractivity (Wildman–Crippen MR) is 200 cm³/mol. The van der Waals surface area contributed by atoms with Crippen molar-refractivity contribution < 1.29 is 23.5 Å². The number of nitrogens with zero attached hydrogens (tertiary/aromatic N) is 5. The number of rotatable bonds is 7. The van der Waals surface area contributed by atoms with Crippen molar-refractivity contribution in [3.05, 3.63) is 80.5 Å². The number of carbonyl (C=O) groups is 3. The molecule has 3 aromatic rings. The summed E-state index contributed by atoms with van der Waals surface area (Å²) >= 11 is 6.32. The second kappa shape index (κ2) is 15.1. The van der Waals surface area contributed by atoms with Crippen molar-refractivity contribution in [3.8, 4) is 5.75 Å². The highest BCUT2D eigenvalue weighted by molar-refractivity contribution is 6.32. The standard InChI is InChI=1S/C39H47ClFN7O5/c1-45-22-26(18-27(23-45)43-31-21-42-46(2)38(52)35(31)40)24-4-6-25(7-5-24)37(51)48-16-12-39(13-17-48)10-14-47(15-11-39)28-19-30(41)34(32(20-28)53-3)29-8-9-33(49)44-36(29)50/h4-7,19-21,26-27,29,43H,8-18,22-23H2,1-3H3,(H,44,49,50)/t26-,27+,29?/m1/s1. The minimum absolute atomic E-state index is 0.0515. The van der Waals surface area contributed by atoms with Crippen molar-refractivity contribution in [3.63, 3.8) is 0 Å². The van der Waals surface area contributed by atoms with E-state index in [1.54, 1.807) is 19.3 Å². The van der Waals surface area contributed by atoms with E-state index in [9.17, 15) is 19.2 Å². The zero-order chi connectivity index (χ0) is 37.4. The molecule has 4 aliphatic heterocycles. The van der Waals surface area contributed by atoms with Crippen molar-refractivity contribution >= 4 is 40.7 Å². The van der Waals surface area contributed by atoms with E-state index >= 15 is 4.39 Å². The highest BCUT2D eigenvalue weighted by atomic mass is 35.5. The number of amides is 3. The Bertz CT molecular complexity index is 1940. The van der Waals surface area contributed by atoms with Crippen LogP contribution in [0.25, 0.3) is 0 Å². The number of imide groups is 1. The maximum atomic E-state index is 15.5. The van der Waals surface area contributed by atoms with Crippen LogP contribution in [0.1, 0.15) is 78.3 Å². The third kappa shape index (κ3) is 7.64. The molecule has 3 amide bonds. The topological polar surface area (TPSA) is 129 Å². The van der Waals surface area contributed by atoms with Gasteiger partial charge in [0.05, 0.1) is 24.9 Å². The maximum Gasteiger partial charge on any atom is 0.287 e. The molecule has 4 saturated heterocycles. The van der Waals surface area contributed by atoms with Gasteiger partial charge in [-0.25, -0.2) is 9.07 Å². The Morgan fingerprint density at radius 3 is 2.40 bits per heavy atom. The van der Waals surface area contributed by atoms with Crippen molar-refractivity contribution in [2.24, 2.45) is 12.5 Å². The summed E-state index contributed by atoms with van der Waals surface area (Å²) < 4.78 is 22.3.